The lowest BCUT2D eigenvalue weighted by Gasteiger charge is -2.06. The number of hydrogen-bond donors (Lipinski definition) is 0. The van der Waals surface area contributed by atoms with Crippen LogP contribution in [0.3, 0.4) is 0 Å². The second kappa shape index (κ2) is 5.71. The van der Waals surface area contributed by atoms with Gasteiger partial charge in [0.25, 0.3) is 5.56 Å². The highest BCUT2D eigenvalue weighted by Gasteiger charge is 2.22. The average molecular weight is 368 g/mol. The molecule has 0 saturated carbocycles. The summed E-state index contributed by atoms with van der Waals surface area (Å²) in [6, 6.07) is 5.95. The van der Waals surface area contributed by atoms with Crippen molar-refractivity contribution in [3.63, 3.8) is 0 Å². The fourth-order valence-electron chi connectivity index (χ4n) is 3.43. The molecule has 126 valence electrons. The van der Waals surface area contributed by atoms with Crippen molar-refractivity contribution in [2.24, 2.45) is 7.05 Å². The monoisotopic (exact) mass is 368 g/mol. The lowest BCUT2D eigenvalue weighted by molar-refractivity contribution is 0.726. The minimum Gasteiger partial charge on any atom is -0.307 e. The van der Waals surface area contributed by atoms with Gasteiger partial charge < -0.3 is 4.40 Å². The summed E-state index contributed by atoms with van der Waals surface area (Å²) in [5.41, 5.74) is 3.25. The Morgan fingerprint density at radius 3 is 3.08 bits per heavy atom. The Labute approximate surface area is 152 Å². The molecule has 4 aromatic rings. The standard InChI is InChI=1S/C18H16N4OS2/c1-21-17(23)15-12-5-4-6-13(12)25-16(15)20-18(21)24-10-11-9-22-8-3-2-7-14(22)19-11/h2-3,7-9H,4-6,10H2,1H3. The van der Waals surface area contributed by atoms with E-state index in [-0.39, 0.29) is 5.56 Å². The normalized spacial score (nSPS) is 13.8. The number of rotatable bonds is 3. The maximum Gasteiger partial charge on any atom is 0.262 e. The molecule has 0 bridgehead atoms. The van der Waals surface area contributed by atoms with Crippen molar-refractivity contribution in [1.29, 1.82) is 0 Å². The van der Waals surface area contributed by atoms with Gasteiger partial charge in [-0.1, -0.05) is 17.8 Å². The van der Waals surface area contributed by atoms with Gasteiger partial charge in [0, 0.05) is 30.1 Å². The molecular weight excluding hydrogens is 352 g/mol. The van der Waals surface area contributed by atoms with E-state index >= 15 is 0 Å². The summed E-state index contributed by atoms with van der Waals surface area (Å²) in [5.74, 6) is 0.693. The Bertz CT molecular complexity index is 1140. The fraction of sp³-hybridized carbons (Fsp3) is 0.278. The van der Waals surface area contributed by atoms with Crippen LogP contribution in [0.4, 0.5) is 0 Å². The van der Waals surface area contributed by atoms with Crippen LogP contribution in [0.5, 0.6) is 0 Å². The Morgan fingerprint density at radius 2 is 2.20 bits per heavy atom. The molecule has 7 heteroatoms. The summed E-state index contributed by atoms with van der Waals surface area (Å²) in [6.45, 7) is 0. The molecule has 0 N–H and O–H groups in total. The number of imidazole rings is 1. The Morgan fingerprint density at radius 1 is 1.28 bits per heavy atom. The Balaban J connectivity index is 1.50. The highest BCUT2D eigenvalue weighted by atomic mass is 32.2. The largest absolute Gasteiger partial charge is 0.307 e. The van der Waals surface area contributed by atoms with Crippen LogP contribution in [-0.2, 0) is 25.6 Å². The Hall–Kier alpha value is -2.12. The third-order valence-electron chi connectivity index (χ3n) is 4.67. The molecule has 0 atom stereocenters. The molecule has 5 nitrogen and oxygen atoms in total. The molecule has 25 heavy (non-hydrogen) atoms. The predicted molar refractivity (Wildman–Crippen MR) is 102 cm³/mol. The predicted octanol–water partition coefficient (Wildman–Crippen LogP) is 3.42. The van der Waals surface area contributed by atoms with Crippen molar-refractivity contribution in [1.82, 2.24) is 18.9 Å². The summed E-state index contributed by atoms with van der Waals surface area (Å²) < 4.78 is 3.70. The van der Waals surface area contributed by atoms with Crippen molar-refractivity contribution < 1.29 is 0 Å². The molecule has 0 saturated heterocycles. The summed E-state index contributed by atoms with van der Waals surface area (Å²) in [5, 5.41) is 1.60. The van der Waals surface area contributed by atoms with E-state index < -0.39 is 0 Å². The van der Waals surface area contributed by atoms with Gasteiger partial charge in [0.05, 0.1) is 11.1 Å². The maximum atomic E-state index is 12.8. The quantitative estimate of drug-likeness (QED) is 0.411. The molecule has 4 aromatic heterocycles. The van der Waals surface area contributed by atoms with Crippen LogP contribution in [-0.4, -0.2) is 18.9 Å². The first kappa shape index (κ1) is 15.2. The van der Waals surface area contributed by atoms with Gasteiger partial charge in [-0.2, -0.15) is 0 Å². The van der Waals surface area contributed by atoms with Gasteiger partial charge in [-0.15, -0.1) is 11.3 Å². The van der Waals surface area contributed by atoms with Crippen LogP contribution in [0, 0.1) is 0 Å². The molecule has 1 aliphatic carbocycles. The first-order chi connectivity index (χ1) is 12.2. The second-order valence-corrected chi connectivity index (χ2v) is 8.31. The van der Waals surface area contributed by atoms with Crippen molar-refractivity contribution in [2.45, 2.75) is 30.2 Å². The number of thiophene rings is 1. The summed E-state index contributed by atoms with van der Waals surface area (Å²) >= 11 is 3.26. The highest BCUT2D eigenvalue weighted by molar-refractivity contribution is 7.98. The van der Waals surface area contributed by atoms with Crippen molar-refractivity contribution in [3.05, 3.63) is 57.1 Å². The Kier molecular flexibility index (Phi) is 3.46. The molecule has 5 rings (SSSR count). The van der Waals surface area contributed by atoms with E-state index in [1.165, 1.54) is 10.4 Å². The summed E-state index contributed by atoms with van der Waals surface area (Å²) in [6.07, 6.45) is 7.27. The van der Waals surface area contributed by atoms with Gasteiger partial charge in [-0.05, 0) is 37.0 Å². The van der Waals surface area contributed by atoms with Gasteiger partial charge in [0.15, 0.2) is 5.16 Å². The third kappa shape index (κ3) is 2.41. The van der Waals surface area contributed by atoms with Crippen LogP contribution >= 0.6 is 23.1 Å². The fourth-order valence-corrected chi connectivity index (χ4v) is 5.59. The first-order valence-electron chi connectivity index (χ1n) is 8.27. The van der Waals surface area contributed by atoms with Crippen molar-refractivity contribution in [3.8, 4) is 0 Å². The van der Waals surface area contributed by atoms with Crippen LogP contribution in [0.2, 0.25) is 0 Å². The number of nitrogens with zero attached hydrogens (tertiary/aromatic N) is 4. The van der Waals surface area contributed by atoms with Gasteiger partial charge in [0.1, 0.15) is 10.5 Å². The molecule has 0 radical (unpaired) electrons. The number of pyridine rings is 1. The van der Waals surface area contributed by atoms with E-state index in [0.29, 0.717) is 5.75 Å². The van der Waals surface area contributed by atoms with E-state index in [1.807, 2.05) is 42.0 Å². The van der Waals surface area contributed by atoms with Gasteiger partial charge in [0.2, 0.25) is 0 Å². The topological polar surface area (TPSA) is 52.2 Å². The van der Waals surface area contributed by atoms with E-state index in [9.17, 15) is 4.79 Å². The average Bonchev–Trinajstić information content (AvgIpc) is 3.29. The van der Waals surface area contributed by atoms with Crippen molar-refractivity contribution >= 4 is 39.0 Å². The van der Waals surface area contributed by atoms with E-state index in [0.717, 1.165) is 46.0 Å². The highest BCUT2D eigenvalue weighted by Crippen LogP contribution is 2.35. The summed E-state index contributed by atoms with van der Waals surface area (Å²) in [4.78, 5) is 24.5. The number of aryl methyl sites for hydroxylation is 2. The molecule has 0 spiro atoms. The number of fused-ring (bicyclic) bond motifs is 4. The van der Waals surface area contributed by atoms with Gasteiger partial charge in [-0.25, -0.2) is 9.97 Å². The molecule has 1 aliphatic rings. The lowest BCUT2D eigenvalue weighted by atomic mass is 10.2. The van der Waals surface area contributed by atoms with Gasteiger partial charge in [-0.3, -0.25) is 9.36 Å². The molecular formula is C18H16N4OS2. The second-order valence-electron chi connectivity index (χ2n) is 6.28. The van der Waals surface area contributed by atoms with E-state index in [2.05, 4.69) is 4.98 Å². The molecule has 0 aliphatic heterocycles. The molecule has 0 amide bonds. The zero-order valence-electron chi connectivity index (χ0n) is 13.7. The van der Waals surface area contributed by atoms with Crippen LogP contribution in [0.1, 0.15) is 22.6 Å². The van der Waals surface area contributed by atoms with E-state index in [4.69, 9.17) is 4.98 Å². The van der Waals surface area contributed by atoms with Crippen molar-refractivity contribution in [2.75, 3.05) is 0 Å². The zero-order valence-corrected chi connectivity index (χ0v) is 15.4. The number of thioether (sulfide) groups is 1. The minimum absolute atomic E-state index is 0.0851. The first-order valence-corrected chi connectivity index (χ1v) is 10.1. The number of aromatic nitrogens is 4. The molecule has 0 aromatic carbocycles. The number of hydrogen-bond acceptors (Lipinski definition) is 5. The molecule has 0 fully saturated rings. The third-order valence-corrected chi connectivity index (χ3v) is 6.92. The maximum absolute atomic E-state index is 12.8. The van der Waals surface area contributed by atoms with Gasteiger partial charge >= 0.3 is 0 Å². The lowest BCUT2D eigenvalue weighted by Crippen LogP contribution is -2.20. The molecule has 0 unspecified atom stereocenters. The SMILES string of the molecule is Cn1c(SCc2cn3ccccc3n2)nc2sc3c(c2c1=O)CCC3. The minimum atomic E-state index is 0.0851. The van der Waals surface area contributed by atoms with Crippen LogP contribution in [0.25, 0.3) is 15.9 Å². The van der Waals surface area contributed by atoms with Crippen LogP contribution < -0.4 is 5.56 Å². The van der Waals surface area contributed by atoms with E-state index in [1.54, 1.807) is 27.7 Å². The molecule has 4 heterocycles. The summed E-state index contributed by atoms with van der Waals surface area (Å²) in [7, 11) is 1.82. The zero-order chi connectivity index (χ0) is 17.0. The van der Waals surface area contributed by atoms with Crippen LogP contribution in [0.15, 0.2) is 40.5 Å². The smallest absolute Gasteiger partial charge is 0.262 e.